The van der Waals surface area contributed by atoms with E-state index in [1.54, 1.807) is 13.0 Å². The van der Waals surface area contributed by atoms with Gasteiger partial charge in [0.25, 0.3) is 0 Å². The highest BCUT2D eigenvalue weighted by atomic mass is 32.1. The van der Waals surface area contributed by atoms with E-state index >= 15 is 0 Å². The molecule has 148 valence electrons. The Kier molecular flexibility index (Phi) is 4.78. The summed E-state index contributed by atoms with van der Waals surface area (Å²) in [5.41, 5.74) is 1.82. The number of carbonyl (C=O) groups is 1. The largest absolute Gasteiger partial charge is 0.475 e. The number of aromatic nitrogens is 2. The van der Waals surface area contributed by atoms with Crippen LogP contribution in [0.5, 0.6) is 5.06 Å². The summed E-state index contributed by atoms with van der Waals surface area (Å²) in [6, 6.07) is 10.6. The van der Waals surface area contributed by atoms with Crippen molar-refractivity contribution in [2.75, 3.05) is 6.61 Å². The average molecular weight is 409 g/mol. The summed E-state index contributed by atoms with van der Waals surface area (Å²) in [6.45, 7) is 0.477. The second kappa shape index (κ2) is 7.12. The van der Waals surface area contributed by atoms with Gasteiger partial charge in [0.1, 0.15) is 5.82 Å². The lowest BCUT2D eigenvalue weighted by Crippen LogP contribution is -2.28. The van der Waals surface area contributed by atoms with Crippen molar-refractivity contribution in [3.63, 3.8) is 0 Å². The number of para-hydroxylation sites is 2. The van der Waals surface area contributed by atoms with Crippen molar-refractivity contribution in [2.24, 2.45) is 5.92 Å². The number of amides is 1. The molecule has 0 radical (unpaired) electrons. The standard InChI is InChI=1S/C19H18F3N3O2S/c1-10(15-6-7-16(28-15)27-9-19(20,21)22)23-18(26)12-8-11(12)17-24-13-4-2-3-5-14(13)25-17/h2-7,10-12H,8-9H2,1H3,(H,23,26)(H,24,25)/t10-,11?,12?/m0/s1. The molecule has 3 aromatic rings. The number of alkyl halides is 3. The van der Waals surface area contributed by atoms with Crippen molar-refractivity contribution >= 4 is 28.3 Å². The van der Waals surface area contributed by atoms with Gasteiger partial charge in [-0.25, -0.2) is 4.98 Å². The van der Waals surface area contributed by atoms with E-state index in [4.69, 9.17) is 4.74 Å². The van der Waals surface area contributed by atoms with Gasteiger partial charge < -0.3 is 15.0 Å². The number of ether oxygens (including phenoxy) is 1. The van der Waals surface area contributed by atoms with Crippen LogP contribution in [-0.4, -0.2) is 28.7 Å². The number of thiophene rings is 1. The number of imidazole rings is 1. The summed E-state index contributed by atoms with van der Waals surface area (Å²) < 4.78 is 41.4. The van der Waals surface area contributed by atoms with E-state index in [1.165, 1.54) is 6.07 Å². The van der Waals surface area contributed by atoms with Gasteiger partial charge in [-0.1, -0.05) is 12.1 Å². The van der Waals surface area contributed by atoms with Crippen LogP contribution in [-0.2, 0) is 4.79 Å². The highest BCUT2D eigenvalue weighted by molar-refractivity contribution is 7.13. The molecule has 0 spiro atoms. The highest BCUT2D eigenvalue weighted by Gasteiger charge is 2.46. The molecule has 5 nitrogen and oxygen atoms in total. The van der Waals surface area contributed by atoms with Gasteiger partial charge in [0, 0.05) is 16.7 Å². The van der Waals surface area contributed by atoms with Crippen molar-refractivity contribution in [3.8, 4) is 5.06 Å². The number of halogens is 3. The van der Waals surface area contributed by atoms with Crippen LogP contribution in [0.3, 0.4) is 0 Å². The Morgan fingerprint density at radius 1 is 1.36 bits per heavy atom. The first-order chi connectivity index (χ1) is 13.3. The predicted molar refractivity (Wildman–Crippen MR) is 99.4 cm³/mol. The van der Waals surface area contributed by atoms with Crippen molar-refractivity contribution in [1.29, 1.82) is 0 Å². The number of hydrogen-bond acceptors (Lipinski definition) is 4. The topological polar surface area (TPSA) is 67.0 Å². The normalized spacial score (nSPS) is 20.1. The van der Waals surface area contributed by atoms with Gasteiger partial charge >= 0.3 is 6.18 Å². The molecule has 3 atom stereocenters. The fourth-order valence-electron chi connectivity index (χ4n) is 3.12. The van der Waals surface area contributed by atoms with Crippen LogP contribution in [0.15, 0.2) is 36.4 Å². The Labute approximate surface area is 162 Å². The van der Waals surface area contributed by atoms with Gasteiger partial charge in [0.05, 0.1) is 17.1 Å². The third-order valence-corrected chi connectivity index (χ3v) is 5.83. The SMILES string of the molecule is C[C@H](NC(=O)C1CC1c1nc2ccccc2[nH]1)c1ccc(OCC(F)(F)F)s1. The molecular formula is C19H18F3N3O2S. The monoisotopic (exact) mass is 409 g/mol. The molecule has 1 amide bonds. The Balaban J connectivity index is 1.33. The maximum Gasteiger partial charge on any atom is 0.422 e. The number of nitrogens with one attached hydrogen (secondary N) is 2. The molecule has 1 saturated carbocycles. The smallest absolute Gasteiger partial charge is 0.422 e. The Bertz CT molecular complexity index is 965. The number of aromatic amines is 1. The molecule has 2 unspecified atom stereocenters. The minimum atomic E-state index is -4.37. The van der Waals surface area contributed by atoms with Crippen molar-refractivity contribution in [3.05, 3.63) is 47.1 Å². The zero-order chi connectivity index (χ0) is 19.9. The van der Waals surface area contributed by atoms with E-state index in [9.17, 15) is 18.0 Å². The van der Waals surface area contributed by atoms with Crippen LogP contribution in [0.1, 0.15) is 36.0 Å². The van der Waals surface area contributed by atoms with Gasteiger partial charge in [-0.3, -0.25) is 4.79 Å². The number of H-pyrrole nitrogens is 1. The third-order valence-electron chi connectivity index (χ3n) is 4.65. The lowest BCUT2D eigenvalue weighted by molar-refractivity contribution is -0.152. The minimum absolute atomic E-state index is 0.0635. The van der Waals surface area contributed by atoms with Crippen LogP contribution in [0.2, 0.25) is 0 Å². The lowest BCUT2D eigenvalue weighted by Gasteiger charge is -2.12. The van der Waals surface area contributed by atoms with Crippen molar-refractivity contribution in [1.82, 2.24) is 15.3 Å². The molecule has 28 heavy (non-hydrogen) atoms. The Morgan fingerprint density at radius 2 is 2.14 bits per heavy atom. The zero-order valence-corrected chi connectivity index (χ0v) is 15.7. The van der Waals surface area contributed by atoms with Gasteiger partial charge in [-0.2, -0.15) is 13.2 Å². The summed E-state index contributed by atoms with van der Waals surface area (Å²) >= 11 is 1.10. The Morgan fingerprint density at radius 3 is 2.89 bits per heavy atom. The van der Waals surface area contributed by atoms with E-state index in [0.717, 1.165) is 39.5 Å². The van der Waals surface area contributed by atoms with E-state index in [-0.39, 0.29) is 28.8 Å². The number of rotatable bonds is 6. The summed E-state index contributed by atoms with van der Waals surface area (Å²) in [6.07, 6.45) is -3.65. The van der Waals surface area contributed by atoms with Gasteiger partial charge in [0.2, 0.25) is 5.91 Å². The van der Waals surface area contributed by atoms with Crippen molar-refractivity contribution in [2.45, 2.75) is 31.5 Å². The fraction of sp³-hybridized carbons (Fsp3) is 0.368. The van der Waals surface area contributed by atoms with Gasteiger partial charge in [-0.15, -0.1) is 11.3 Å². The number of hydrogen-bond donors (Lipinski definition) is 2. The first-order valence-electron chi connectivity index (χ1n) is 8.84. The Hall–Kier alpha value is -2.55. The first-order valence-corrected chi connectivity index (χ1v) is 9.66. The zero-order valence-electron chi connectivity index (χ0n) is 14.9. The molecule has 1 aromatic carbocycles. The number of carbonyl (C=O) groups excluding carboxylic acids is 1. The van der Waals surface area contributed by atoms with Crippen molar-refractivity contribution < 1.29 is 22.7 Å². The number of benzene rings is 1. The summed E-state index contributed by atoms with van der Waals surface area (Å²) in [5.74, 6) is 0.648. The second-order valence-corrected chi connectivity index (χ2v) is 7.96. The van der Waals surface area contributed by atoms with E-state index in [1.807, 2.05) is 24.3 Å². The van der Waals surface area contributed by atoms with E-state index in [0.29, 0.717) is 0 Å². The molecule has 0 saturated heterocycles. The maximum atomic E-state index is 12.5. The molecule has 1 aliphatic rings. The molecule has 2 heterocycles. The van der Waals surface area contributed by atoms with Crippen LogP contribution in [0.25, 0.3) is 11.0 Å². The fourth-order valence-corrected chi connectivity index (χ4v) is 3.98. The predicted octanol–water partition coefficient (Wildman–Crippen LogP) is 4.55. The van der Waals surface area contributed by atoms with Crippen LogP contribution >= 0.6 is 11.3 Å². The average Bonchev–Trinajstić information content (AvgIpc) is 3.11. The van der Waals surface area contributed by atoms with Crippen LogP contribution in [0, 0.1) is 5.92 Å². The van der Waals surface area contributed by atoms with Crippen LogP contribution in [0.4, 0.5) is 13.2 Å². The third kappa shape index (κ3) is 4.14. The molecule has 2 N–H and O–H groups in total. The summed E-state index contributed by atoms with van der Waals surface area (Å²) in [7, 11) is 0. The number of fused-ring (bicyclic) bond motifs is 1. The molecule has 4 rings (SSSR count). The quantitative estimate of drug-likeness (QED) is 0.628. The summed E-state index contributed by atoms with van der Waals surface area (Å²) in [5, 5.41) is 3.11. The molecule has 0 bridgehead atoms. The molecule has 9 heteroatoms. The van der Waals surface area contributed by atoms with E-state index in [2.05, 4.69) is 15.3 Å². The molecule has 1 fully saturated rings. The summed E-state index contributed by atoms with van der Waals surface area (Å²) in [4.78, 5) is 21.1. The van der Waals surface area contributed by atoms with Gasteiger partial charge in [-0.05, 0) is 37.6 Å². The molecule has 2 aromatic heterocycles. The molecule has 1 aliphatic carbocycles. The second-order valence-electron chi connectivity index (χ2n) is 6.88. The molecule has 0 aliphatic heterocycles. The lowest BCUT2D eigenvalue weighted by atomic mass is 10.2. The number of nitrogens with zero attached hydrogens (tertiary/aromatic N) is 1. The van der Waals surface area contributed by atoms with Crippen LogP contribution < -0.4 is 10.1 Å². The minimum Gasteiger partial charge on any atom is -0.475 e. The molecular weight excluding hydrogens is 391 g/mol. The van der Waals surface area contributed by atoms with E-state index < -0.39 is 12.8 Å². The maximum absolute atomic E-state index is 12.5. The van der Waals surface area contributed by atoms with Gasteiger partial charge in [0.15, 0.2) is 11.7 Å². The first kappa shape index (κ1) is 18.8. The highest BCUT2D eigenvalue weighted by Crippen LogP contribution is 2.47.